The molecule has 31 heavy (non-hydrogen) atoms. The standard InChI is InChI=1S/C24H18FN3O2S/c25-18-11-10-17(15-20(18)27-23(30)14-16-6-2-1-3-7-16)26-22(29)12-13-24-28-19-8-4-5-9-21(19)31-24/h1-13,15H,14H2,(H,26,29)(H,27,30). The summed E-state index contributed by atoms with van der Waals surface area (Å²) in [6.45, 7) is 0. The summed E-state index contributed by atoms with van der Waals surface area (Å²) in [6, 6.07) is 20.9. The van der Waals surface area contributed by atoms with Gasteiger partial charge in [0.15, 0.2) is 0 Å². The summed E-state index contributed by atoms with van der Waals surface area (Å²) in [7, 11) is 0. The Morgan fingerprint density at radius 1 is 0.968 bits per heavy atom. The van der Waals surface area contributed by atoms with Crippen LogP contribution in [0.3, 0.4) is 0 Å². The van der Waals surface area contributed by atoms with Gasteiger partial charge in [0.1, 0.15) is 10.8 Å². The molecule has 3 aromatic carbocycles. The number of fused-ring (bicyclic) bond motifs is 1. The van der Waals surface area contributed by atoms with Gasteiger partial charge in [-0.1, -0.05) is 42.5 Å². The van der Waals surface area contributed by atoms with E-state index in [2.05, 4.69) is 15.6 Å². The van der Waals surface area contributed by atoms with Crippen molar-refractivity contribution in [3.63, 3.8) is 0 Å². The Morgan fingerprint density at radius 3 is 2.55 bits per heavy atom. The third-order valence-electron chi connectivity index (χ3n) is 4.40. The molecule has 7 heteroatoms. The molecule has 0 aliphatic heterocycles. The van der Waals surface area contributed by atoms with Crippen LogP contribution >= 0.6 is 11.3 Å². The van der Waals surface area contributed by atoms with Crippen LogP contribution in [-0.2, 0) is 16.0 Å². The molecule has 2 N–H and O–H groups in total. The fourth-order valence-electron chi connectivity index (χ4n) is 2.97. The van der Waals surface area contributed by atoms with Crippen molar-refractivity contribution >= 4 is 50.8 Å². The van der Waals surface area contributed by atoms with E-state index in [1.807, 2.05) is 54.6 Å². The Kier molecular flexibility index (Phi) is 6.14. The van der Waals surface area contributed by atoms with E-state index in [1.165, 1.54) is 35.6 Å². The van der Waals surface area contributed by atoms with E-state index in [-0.39, 0.29) is 23.9 Å². The van der Waals surface area contributed by atoms with Crippen molar-refractivity contribution in [1.29, 1.82) is 0 Å². The number of carbonyl (C=O) groups is 2. The first-order valence-corrected chi connectivity index (χ1v) is 10.4. The molecule has 5 nitrogen and oxygen atoms in total. The van der Waals surface area contributed by atoms with Gasteiger partial charge in [0, 0.05) is 11.8 Å². The van der Waals surface area contributed by atoms with E-state index >= 15 is 0 Å². The molecule has 0 aliphatic carbocycles. The number of amides is 2. The lowest BCUT2D eigenvalue weighted by Gasteiger charge is -2.09. The monoisotopic (exact) mass is 431 g/mol. The molecule has 0 unspecified atom stereocenters. The average molecular weight is 431 g/mol. The molecule has 0 aliphatic rings. The Morgan fingerprint density at radius 2 is 1.74 bits per heavy atom. The average Bonchev–Trinajstić information content (AvgIpc) is 3.18. The smallest absolute Gasteiger partial charge is 0.248 e. The largest absolute Gasteiger partial charge is 0.323 e. The summed E-state index contributed by atoms with van der Waals surface area (Å²) in [6.07, 6.45) is 3.13. The Labute approximate surface area is 182 Å². The van der Waals surface area contributed by atoms with E-state index in [9.17, 15) is 14.0 Å². The van der Waals surface area contributed by atoms with E-state index < -0.39 is 5.82 Å². The van der Waals surface area contributed by atoms with Gasteiger partial charge in [-0.2, -0.15) is 0 Å². The maximum Gasteiger partial charge on any atom is 0.248 e. The van der Waals surface area contributed by atoms with Crippen LogP contribution in [-0.4, -0.2) is 16.8 Å². The lowest BCUT2D eigenvalue weighted by molar-refractivity contribution is -0.115. The normalized spacial score (nSPS) is 11.0. The second kappa shape index (κ2) is 9.32. The third kappa shape index (κ3) is 5.40. The molecule has 1 aromatic heterocycles. The molecule has 0 fully saturated rings. The Balaban J connectivity index is 1.40. The predicted octanol–water partition coefficient (Wildman–Crippen LogP) is 5.27. The van der Waals surface area contributed by atoms with E-state index in [4.69, 9.17) is 0 Å². The first-order chi connectivity index (χ1) is 15.1. The predicted molar refractivity (Wildman–Crippen MR) is 122 cm³/mol. The summed E-state index contributed by atoms with van der Waals surface area (Å²) < 4.78 is 15.2. The maximum absolute atomic E-state index is 14.1. The maximum atomic E-state index is 14.1. The number of carbonyl (C=O) groups excluding carboxylic acids is 2. The van der Waals surface area contributed by atoms with Gasteiger partial charge in [-0.15, -0.1) is 11.3 Å². The van der Waals surface area contributed by atoms with Gasteiger partial charge in [0.2, 0.25) is 11.8 Å². The highest BCUT2D eigenvalue weighted by atomic mass is 32.1. The zero-order chi connectivity index (χ0) is 21.6. The fraction of sp³-hybridized carbons (Fsp3) is 0.0417. The second-order valence-corrected chi connectivity index (χ2v) is 7.81. The Bertz CT molecular complexity index is 1240. The van der Waals surface area contributed by atoms with Crippen molar-refractivity contribution in [3.8, 4) is 0 Å². The summed E-state index contributed by atoms with van der Waals surface area (Å²) in [5.74, 6) is -1.30. The van der Waals surface area contributed by atoms with Crippen molar-refractivity contribution in [2.45, 2.75) is 6.42 Å². The van der Waals surface area contributed by atoms with Crippen LogP contribution in [0.1, 0.15) is 10.6 Å². The van der Waals surface area contributed by atoms with Gasteiger partial charge in [0.25, 0.3) is 0 Å². The van der Waals surface area contributed by atoms with Gasteiger partial charge in [-0.3, -0.25) is 9.59 Å². The van der Waals surface area contributed by atoms with Crippen LogP contribution < -0.4 is 10.6 Å². The number of nitrogens with zero attached hydrogens (tertiary/aromatic N) is 1. The molecule has 4 aromatic rings. The number of benzene rings is 3. The molecule has 154 valence electrons. The molecule has 0 bridgehead atoms. The van der Waals surface area contributed by atoms with Crippen LogP contribution in [0, 0.1) is 5.82 Å². The van der Waals surface area contributed by atoms with Crippen molar-refractivity contribution in [2.75, 3.05) is 10.6 Å². The minimum Gasteiger partial charge on any atom is -0.323 e. The minimum atomic E-state index is -0.579. The number of rotatable bonds is 6. The number of anilines is 2. The topological polar surface area (TPSA) is 71.1 Å². The van der Waals surface area contributed by atoms with Crippen LogP contribution in [0.2, 0.25) is 0 Å². The number of halogens is 1. The molecule has 1 heterocycles. The molecular weight excluding hydrogens is 413 g/mol. The quantitative estimate of drug-likeness (QED) is 0.409. The highest BCUT2D eigenvalue weighted by Gasteiger charge is 2.10. The van der Waals surface area contributed by atoms with E-state index in [1.54, 1.807) is 6.08 Å². The summed E-state index contributed by atoms with van der Waals surface area (Å²) in [5, 5.41) is 5.94. The molecule has 0 saturated carbocycles. The van der Waals surface area contributed by atoms with Crippen molar-refractivity contribution < 1.29 is 14.0 Å². The van der Waals surface area contributed by atoms with Crippen molar-refractivity contribution in [1.82, 2.24) is 4.98 Å². The molecule has 0 spiro atoms. The zero-order valence-corrected chi connectivity index (χ0v) is 17.2. The molecule has 0 atom stereocenters. The summed E-state index contributed by atoms with van der Waals surface area (Å²) >= 11 is 1.48. The second-order valence-electron chi connectivity index (χ2n) is 6.75. The van der Waals surface area contributed by atoms with Crippen LogP contribution in [0.5, 0.6) is 0 Å². The van der Waals surface area contributed by atoms with E-state index in [0.29, 0.717) is 10.7 Å². The molecule has 0 radical (unpaired) electrons. The van der Waals surface area contributed by atoms with Crippen molar-refractivity contribution in [3.05, 3.63) is 95.3 Å². The minimum absolute atomic E-state index is 0.00823. The summed E-state index contributed by atoms with van der Waals surface area (Å²) in [5.41, 5.74) is 2.08. The number of hydrogen-bond acceptors (Lipinski definition) is 4. The number of thiazole rings is 1. The molecular formula is C24H18FN3O2S. The number of hydrogen-bond donors (Lipinski definition) is 2. The molecule has 4 rings (SSSR count). The molecule has 0 saturated heterocycles. The number of nitrogens with one attached hydrogen (secondary N) is 2. The fourth-order valence-corrected chi connectivity index (χ4v) is 3.84. The first kappa shape index (κ1) is 20.4. The van der Waals surface area contributed by atoms with Crippen LogP contribution in [0.25, 0.3) is 16.3 Å². The van der Waals surface area contributed by atoms with Gasteiger partial charge >= 0.3 is 0 Å². The SMILES string of the molecule is O=C(C=Cc1nc2ccccc2s1)Nc1ccc(F)c(NC(=O)Cc2ccccc2)c1. The zero-order valence-electron chi connectivity index (χ0n) is 16.3. The van der Waals surface area contributed by atoms with Gasteiger partial charge < -0.3 is 10.6 Å². The van der Waals surface area contributed by atoms with Gasteiger partial charge in [-0.25, -0.2) is 9.37 Å². The highest BCUT2D eigenvalue weighted by Crippen LogP contribution is 2.23. The molecule has 2 amide bonds. The van der Waals surface area contributed by atoms with Crippen LogP contribution in [0.4, 0.5) is 15.8 Å². The van der Waals surface area contributed by atoms with Gasteiger partial charge in [0.05, 0.1) is 22.3 Å². The Hall–Kier alpha value is -3.84. The lowest BCUT2D eigenvalue weighted by atomic mass is 10.1. The van der Waals surface area contributed by atoms with Gasteiger partial charge in [-0.05, 0) is 42.0 Å². The lowest BCUT2D eigenvalue weighted by Crippen LogP contribution is -2.16. The third-order valence-corrected chi connectivity index (χ3v) is 5.40. The van der Waals surface area contributed by atoms with E-state index in [0.717, 1.165) is 15.8 Å². The number of aromatic nitrogens is 1. The van der Waals surface area contributed by atoms with Crippen LogP contribution in [0.15, 0.2) is 78.9 Å². The van der Waals surface area contributed by atoms with Crippen molar-refractivity contribution in [2.24, 2.45) is 0 Å². The summed E-state index contributed by atoms with van der Waals surface area (Å²) in [4.78, 5) is 28.9. The highest BCUT2D eigenvalue weighted by molar-refractivity contribution is 7.19. The number of para-hydroxylation sites is 1. The first-order valence-electron chi connectivity index (χ1n) is 9.55.